The SMILES string of the molecule is Cc1ncsc1-c1ccc([C@H](C)NC(=O)[C@@H]2C[C@@H](O)CN2C(=O)[C@@H](NC(=O)CN2CCN(CCNC(=O)c3ccc(CN4CCN(C[C@]5(C)CCC(c6ccc(Cl)cc6)=C(CN6CCN(c7ccc(C(=O)NS(=O)(=O)c8ccc(N[C@H](CCN9CCCOCC9)CSc9ccccc9)c(S(=O)(=O)C(F)(F)F)c8)cc7)CC6)C5)CC4)nc3)CC2)C(C)(C)C)cc1. The normalized spacial score (nSPS) is 20.6. The predicted octanol–water partition coefficient (Wildman–Crippen LogP) is 10.6. The molecular formula is C90H115ClF3N15O11S4. The molecule has 0 radical (unpaired) electrons. The summed E-state index contributed by atoms with van der Waals surface area (Å²) in [6.45, 7) is 27.5. The van der Waals surface area contributed by atoms with Gasteiger partial charge in [-0.25, -0.2) is 26.5 Å². The molecule has 668 valence electrons. The number of allylic oxidation sites excluding steroid dienone is 1. The van der Waals surface area contributed by atoms with Crippen LogP contribution in [0.4, 0.5) is 24.5 Å². The minimum absolute atomic E-state index is 0.0145. The van der Waals surface area contributed by atoms with Crippen LogP contribution in [0.25, 0.3) is 16.0 Å². The van der Waals surface area contributed by atoms with Crippen LogP contribution < -0.4 is 30.9 Å². The first-order chi connectivity index (χ1) is 59.2. The van der Waals surface area contributed by atoms with Gasteiger partial charge in [0.1, 0.15) is 17.0 Å². The van der Waals surface area contributed by atoms with Gasteiger partial charge in [0.2, 0.25) is 17.7 Å². The summed E-state index contributed by atoms with van der Waals surface area (Å²) in [4.78, 5) is 95.6. The van der Waals surface area contributed by atoms with Crippen LogP contribution in [0.15, 0.2) is 165 Å². The van der Waals surface area contributed by atoms with Crippen LogP contribution in [-0.4, -0.2) is 282 Å². The van der Waals surface area contributed by atoms with Crippen molar-refractivity contribution in [3.63, 3.8) is 0 Å². The lowest BCUT2D eigenvalue weighted by Crippen LogP contribution is -2.59. The van der Waals surface area contributed by atoms with Crippen LogP contribution in [0.1, 0.15) is 122 Å². The number of sulfonamides is 1. The number of anilines is 2. The van der Waals surface area contributed by atoms with Gasteiger partial charge in [0.05, 0.1) is 63.2 Å². The second-order valence-corrected chi connectivity index (χ2v) is 40.8. The Kier molecular flexibility index (Phi) is 31.2. The lowest BCUT2D eigenvalue weighted by molar-refractivity contribution is -0.144. The van der Waals surface area contributed by atoms with E-state index in [0.717, 1.165) is 135 Å². The number of carbonyl (C=O) groups is 5. The Balaban J connectivity index is 0.533. The van der Waals surface area contributed by atoms with Crippen LogP contribution in [0.5, 0.6) is 0 Å². The molecule has 2 aromatic heterocycles. The van der Waals surface area contributed by atoms with Crippen molar-refractivity contribution < 1.29 is 63.8 Å². The summed E-state index contributed by atoms with van der Waals surface area (Å²) in [5.41, 5.74) is 3.88. The number of sulfone groups is 1. The van der Waals surface area contributed by atoms with Crippen LogP contribution in [0, 0.1) is 17.8 Å². The third kappa shape index (κ3) is 24.7. The van der Waals surface area contributed by atoms with Gasteiger partial charge in [0, 0.05) is 190 Å². The highest BCUT2D eigenvalue weighted by atomic mass is 35.5. The Morgan fingerprint density at radius 1 is 0.718 bits per heavy atom. The number of ether oxygens (including phenoxy) is 1. The first kappa shape index (κ1) is 93.2. The van der Waals surface area contributed by atoms with Gasteiger partial charge in [-0.05, 0) is 158 Å². The molecule has 0 spiro atoms. The van der Waals surface area contributed by atoms with Crippen molar-refractivity contribution in [2.45, 2.75) is 137 Å². The van der Waals surface area contributed by atoms with Crippen LogP contribution in [-0.2, 0) is 45.5 Å². The number of aryl methyl sites for hydroxylation is 1. The van der Waals surface area contributed by atoms with E-state index in [0.29, 0.717) is 114 Å². The number of β-amino-alcohol motifs (C(OH)–C–C–N with tert-alkyl or cyclic N) is 1. The van der Waals surface area contributed by atoms with E-state index in [-0.39, 0.29) is 54.3 Å². The van der Waals surface area contributed by atoms with Crippen molar-refractivity contribution in [1.82, 2.24) is 64.9 Å². The Morgan fingerprint density at radius 2 is 1.38 bits per heavy atom. The molecule has 13 rings (SSSR count). The van der Waals surface area contributed by atoms with E-state index >= 15 is 0 Å². The minimum atomic E-state index is -6.11. The van der Waals surface area contributed by atoms with E-state index in [1.54, 1.807) is 29.7 Å². The summed E-state index contributed by atoms with van der Waals surface area (Å²) in [5.74, 6) is -2.00. The zero-order chi connectivity index (χ0) is 88.1. The molecule has 0 bridgehead atoms. The second kappa shape index (κ2) is 41.6. The molecule has 5 aromatic carbocycles. The molecule has 5 amide bonds. The summed E-state index contributed by atoms with van der Waals surface area (Å²) in [5, 5.41) is 23.6. The molecule has 5 saturated heterocycles. The van der Waals surface area contributed by atoms with Crippen molar-refractivity contribution in [1.29, 1.82) is 0 Å². The van der Waals surface area contributed by atoms with E-state index in [4.69, 9.17) is 21.3 Å². The standard InChI is InChI=1S/C90H115ClF3N15O11S4/c1-62(64-13-15-66(16-14-64)82-63(2)97-61-122-82)98-86(114)79-51-74(110)57-109(79)87(115)83(88(3,4)5)100-81(111)58-106-38-36-103(37-39-106)35-32-95-84(112)68-19-24-71(96-54-68)56-105-40-42-107(43-41-105)60-89(6)31-29-77(65-17-22-70(91)23-18-65)69(53-89)55-104-44-46-108(47-45-104)73-25-20-67(21-26-73)85(113)101-124(118,119)76-27-28-78(80(52-76)123(116,117)90(92,93)94)99-72(59-121-75-11-8-7-9-12-75)30-34-102-33-10-49-120-50-48-102/h7-9,11-28,52,54,61-62,72,74,79,83,99,110H,10,29-51,53,55-60H2,1-6H3,(H,95,112)(H,98,114)(H,100,111)(H,101,113)/t62-,72+,74+,79-,83+,89+/m0/s1. The third-order valence-electron chi connectivity index (χ3n) is 24.4. The fourth-order valence-electron chi connectivity index (χ4n) is 17.3. The minimum Gasteiger partial charge on any atom is -0.391 e. The smallest absolute Gasteiger partial charge is 0.391 e. The average molecular weight is 1800 g/mol. The number of hydrogen-bond acceptors (Lipinski definition) is 23. The van der Waals surface area contributed by atoms with Gasteiger partial charge in [0.25, 0.3) is 31.7 Å². The topological polar surface area (TPSA) is 295 Å². The highest BCUT2D eigenvalue weighted by Crippen LogP contribution is 2.45. The number of carbonyl (C=O) groups excluding carboxylic acids is 5. The first-order valence-corrected chi connectivity index (χ1v) is 47.9. The quantitative estimate of drug-likeness (QED) is 0.0214. The van der Waals surface area contributed by atoms with Crippen molar-refractivity contribution in [2.75, 3.05) is 167 Å². The van der Waals surface area contributed by atoms with Gasteiger partial charge >= 0.3 is 5.51 Å². The molecule has 124 heavy (non-hydrogen) atoms. The molecule has 6 aliphatic rings. The number of halogens is 4. The Bertz CT molecular complexity index is 5080. The zero-order valence-corrected chi connectivity index (χ0v) is 75.3. The molecule has 6 atom stereocenters. The van der Waals surface area contributed by atoms with Gasteiger partial charge < -0.3 is 50.7 Å². The molecule has 1 aliphatic carbocycles. The summed E-state index contributed by atoms with van der Waals surface area (Å²) < 4.78 is 105. The lowest BCUT2D eigenvalue weighted by Gasteiger charge is -2.44. The Morgan fingerprint density at radius 3 is 2.06 bits per heavy atom. The number of thioether (sulfide) groups is 1. The zero-order valence-electron chi connectivity index (χ0n) is 71.3. The van der Waals surface area contributed by atoms with E-state index in [2.05, 4.69) is 74.7 Å². The number of aliphatic hydroxyl groups excluding tert-OH is 1. The summed E-state index contributed by atoms with van der Waals surface area (Å²) in [6.07, 6.45) is 4.93. The molecule has 7 aromatic rings. The maximum absolute atomic E-state index is 14.5. The van der Waals surface area contributed by atoms with E-state index in [9.17, 15) is 59.1 Å². The number of likely N-dealkylation sites (tertiary alicyclic amines) is 1. The maximum atomic E-state index is 14.5. The molecule has 7 heterocycles. The number of aliphatic hydroxyl groups is 1. The molecule has 0 unspecified atom stereocenters. The van der Waals surface area contributed by atoms with Crippen molar-refractivity contribution in [2.24, 2.45) is 10.8 Å². The van der Waals surface area contributed by atoms with Crippen molar-refractivity contribution in [3.05, 3.63) is 189 Å². The first-order valence-electron chi connectivity index (χ1n) is 42.7. The monoisotopic (exact) mass is 1800 g/mol. The van der Waals surface area contributed by atoms with E-state index < -0.39 is 82.3 Å². The molecule has 34 heteroatoms. The van der Waals surface area contributed by atoms with Gasteiger partial charge in [-0.15, -0.1) is 23.1 Å². The highest BCUT2D eigenvalue weighted by Gasteiger charge is 2.49. The number of pyridine rings is 1. The van der Waals surface area contributed by atoms with E-state index in [1.165, 1.54) is 45.5 Å². The average Bonchev–Trinajstić information content (AvgIpc) is 0.918. The Hall–Kier alpha value is -8.42. The van der Waals surface area contributed by atoms with Gasteiger partial charge in [-0.2, -0.15) is 13.2 Å². The largest absolute Gasteiger partial charge is 0.501 e. The number of piperazine rings is 3. The van der Waals surface area contributed by atoms with Gasteiger partial charge in [-0.3, -0.25) is 48.6 Å². The number of aromatic nitrogens is 2. The summed E-state index contributed by atoms with van der Waals surface area (Å²) >= 11 is 9.44. The Labute approximate surface area is 739 Å². The number of benzene rings is 5. The molecule has 5 fully saturated rings. The number of nitrogens with zero attached hydrogens (tertiary/aromatic N) is 10. The number of thiazole rings is 1. The number of alkyl halides is 3. The maximum Gasteiger partial charge on any atom is 0.501 e. The molecule has 26 nitrogen and oxygen atoms in total. The molecule has 5 aliphatic heterocycles. The number of nitrogens with one attached hydrogen (secondary N) is 5. The van der Waals surface area contributed by atoms with Crippen LogP contribution in [0.2, 0.25) is 5.02 Å². The van der Waals surface area contributed by atoms with Crippen LogP contribution in [0.3, 0.4) is 0 Å². The molecule has 0 saturated carbocycles. The van der Waals surface area contributed by atoms with E-state index in [1.807, 2.05) is 129 Å². The van der Waals surface area contributed by atoms with Crippen LogP contribution >= 0.6 is 34.7 Å². The predicted molar refractivity (Wildman–Crippen MR) is 478 cm³/mol. The highest BCUT2D eigenvalue weighted by molar-refractivity contribution is 7.99. The number of amides is 5. The number of hydrogen-bond donors (Lipinski definition) is 6. The van der Waals surface area contributed by atoms with Gasteiger partial charge in [0.15, 0.2) is 0 Å². The summed E-state index contributed by atoms with van der Waals surface area (Å²) in [6, 6.07) is 35.3. The van der Waals surface area contributed by atoms with Crippen molar-refractivity contribution >= 4 is 101 Å². The van der Waals surface area contributed by atoms with Crippen molar-refractivity contribution in [3.8, 4) is 10.4 Å². The molecule has 6 N–H and O–H groups in total. The van der Waals surface area contributed by atoms with Gasteiger partial charge in [-0.1, -0.05) is 99.5 Å². The third-order valence-corrected chi connectivity index (χ3v) is 29.7. The fourth-order valence-corrected chi connectivity index (χ4v) is 21.2. The fraction of sp³-hybridized carbons (Fsp3) is 0.500. The number of rotatable bonds is 32. The lowest BCUT2D eigenvalue weighted by atomic mass is 9.71. The second-order valence-electron chi connectivity index (χ2n) is 34.8. The molecular weight excluding hydrogens is 1690 g/mol. The summed E-state index contributed by atoms with van der Waals surface area (Å²) in [7, 11) is -11.0.